The Morgan fingerprint density at radius 1 is 1.36 bits per heavy atom. The molecule has 1 aliphatic rings. The van der Waals surface area contributed by atoms with E-state index in [1.165, 1.54) is 0 Å². The lowest BCUT2D eigenvalue weighted by Crippen LogP contribution is -2.45. The average Bonchev–Trinajstić information content (AvgIpc) is 2.53. The molecular formula is C17H26N2O3. The van der Waals surface area contributed by atoms with Gasteiger partial charge in [-0.25, -0.2) is 0 Å². The van der Waals surface area contributed by atoms with Crippen molar-refractivity contribution >= 4 is 5.91 Å². The summed E-state index contributed by atoms with van der Waals surface area (Å²) in [5, 5.41) is 3.05. The van der Waals surface area contributed by atoms with E-state index in [0.29, 0.717) is 6.61 Å². The van der Waals surface area contributed by atoms with Gasteiger partial charge in [0.25, 0.3) is 0 Å². The molecule has 1 aromatic carbocycles. The highest BCUT2D eigenvalue weighted by atomic mass is 16.5. The number of carbonyl (C=O) groups is 1. The smallest absolute Gasteiger partial charge is 0.224 e. The number of benzene rings is 1. The van der Waals surface area contributed by atoms with Crippen LogP contribution in [-0.2, 0) is 4.79 Å². The van der Waals surface area contributed by atoms with Crippen molar-refractivity contribution in [2.75, 3.05) is 33.9 Å². The molecule has 5 nitrogen and oxygen atoms in total. The second kappa shape index (κ2) is 8.03. The van der Waals surface area contributed by atoms with E-state index in [-0.39, 0.29) is 17.9 Å². The summed E-state index contributed by atoms with van der Waals surface area (Å²) >= 11 is 0. The van der Waals surface area contributed by atoms with Gasteiger partial charge in [-0.1, -0.05) is 0 Å². The van der Waals surface area contributed by atoms with Gasteiger partial charge in [-0.3, -0.25) is 4.79 Å². The number of carbonyl (C=O) groups excluding carboxylic acids is 1. The van der Waals surface area contributed by atoms with E-state index in [9.17, 15) is 4.79 Å². The molecule has 0 radical (unpaired) electrons. The van der Waals surface area contributed by atoms with Crippen molar-refractivity contribution in [3.05, 3.63) is 24.3 Å². The largest absolute Gasteiger partial charge is 0.497 e. The molecule has 0 spiro atoms. The van der Waals surface area contributed by atoms with Crippen LogP contribution in [0.25, 0.3) is 0 Å². The zero-order valence-electron chi connectivity index (χ0n) is 13.7. The van der Waals surface area contributed by atoms with Crippen LogP contribution < -0.4 is 14.8 Å². The van der Waals surface area contributed by atoms with Crippen molar-refractivity contribution in [3.8, 4) is 11.5 Å². The third-order valence-corrected chi connectivity index (χ3v) is 3.94. The average molecular weight is 306 g/mol. The van der Waals surface area contributed by atoms with Crippen LogP contribution in [0.3, 0.4) is 0 Å². The third-order valence-electron chi connectivity index (χ3n) is 3.94. The predicted molar refractivity (Wildman–Crippen MR) is 86.3 cm³/mol. The minimum atomic E-state index is -0.0122. The maximum Gasteiger partial charge on any atom is 0.224 e. The van der Waals surface area contributed by atoms with Gasteiger partial charge in [-0.15, -0.1) is 0 Å². The Kier molecular flexibility index (Phi) is 6.07. The lowest BCUT2D eigenvalue weighted by atomic mass is 9.97. The molecule has 2 atom stereocenters. The van der Waals surface area contributed by atoms with E-state index < -0.39 is 0 Å². The first-order chi connectivity index (χ1) is 10.6. The Balaban J connectivity index is 1.74. The zero-order valence-corrected chi connectivity index (χ0v) is 13.7. The number of methoxy groups -OCH3 is 1. The zero-order chi connectivity index (χ0) is 15.9. The lowest BCUT2D eigenvalue weighted by Gasteiger charge is -2.29. The Labute approximate surface area is 132 Å². The van der Waals surface area contributed by atoms with Crippen molar-refractivity contribution in [3.63, 3.8) is 0 Å². The Morgan fingerprint density at radius 3 is 2.68 bits per heavy atom. The summed E-state index contributed by atoms with van der Waals surface area (Å²) in [7, 11) is 3.70. The fraction of sp³-hybridized carbons (Fsp3) is 0.588. The molecule has 1 heterocycles. The van der Waals surface area contributed by atoms with Crippen LogP contribution in [0.2, 0.25) is 0 Å². The van der Waals surface area contributed by atoms with Crippen molar-refractivity contribution in [2.45, 2.75) is 25.8 Å². The molecule has 0 aromatic heterocycles. The first-order valence-corrected chi connectivity index (χ1v) is 7.84. The molecule has 1 N–H and O–H groups in total. The summed E-state index contributed by atoms with van der Waals surface area (Å²) in [5.74, 6) is 1.81. The summed E-state index contributed by atoms with van der Waals surface area (Å²) in [6.45, 7) is 4.35. The number of rotatable bonds is 6. The van der Waals surface area contributed by atoms with Crippen LogP contribution >= 0.6 is 0 Å². The van der Waals surface area contributed by atoms with Crippen molar-refractivity contribution < 1.29 is 14.3 Å². The van der Waals surface area contributed by atoms with Gasteiger partial charge >= 0.3 is 0 Å². The topological polar surface area (TPSA) is 50.8 Å². The lowest BCUT2D eigenvalue weighted by molar-refractivity contribution is -0.127. The number of hydrogen-bond acceptors (Lipinski definition) is 4. The summed E-state index contributed by atoms with van der Waals surface area (Å²) in [4.78, 5) is 14.5. The number of ether oxygens (including phenoxy) is 2. The van der Waals surface area contributed by atoms with Gasteiger partial charge in [0.1, 0.15) is 18.1 Å². The molecule has 1 amide bonds. The number of nitrogens with zero attached hydrogens (tertiary/aromatic N) is 1. The molecule has 1 aromatic rings. The Morgan fingerprint density at radius 2 is 2.05 bits per heavy atom. The van der Waals surface area contributed by atoms with Gasteiger partial charge in [0.15, 0.2) is 0 Å². The number of amides is 1. The molecule has 122 valence electrons. The van der Waals surface area contributed by atoms with Crippen LogP contribution in [0, 0.1) is 5.92 Å². The molecule has 2 rings (SSSR count). The van der Waals surface area contributed by atoms with Gasteiger partial charge in [0, 0.05) is 6.54 Å². The first kappa shape index (κ1) is 16.6. The molecule has 0 aliphatic carbocycles. The number of nitrogens with one attached hydrogen (secondary N) is 1. The minimum Gasteiger partial charge on any atom is -0.497 e. The van der Waals surface area contributed by atoms with Crippen LogP contribution in [0.15, 0.2) is 24.3 Å². The van der Waals surface area contributed by atoms with Crippen LogP contribution in [0.1, 0.15) is 19.8 Å². The van der Waals surface area contributed by atoms with Gasteiger partial charge in [0.05, 0.1) is 19.1 Å². The van der Waals surface area contributed by atoms with Gasteiger partial charge in [-0.2, -0.15) is 0 Å². The molecule has 1 fully saturated rings. The van der Waals surface area contributed by atoms with E-state index in [4.69, 9.17) is 9.47 Å². The van der Waals surface area contributed by atoms with Crippen LogP contribution in [-0.4, -0.2) is 50.7 Å². The highest BCUT2D eigenvalue weighted by Gasteiger charge is 2.24. The molecular weight excluding hydrogens is 280 g/mol. The van der Waals surface area contributed by atoms with E-state index in [1.807, 2.05) is 31.2 Å². The standard InChI is InChI=1S/C17H26N2O3/c1-13(12-22-16-8-6-15(21-3)7-9-16)18-17(20)14-5-4-10-19(2)11-14/h6-9,13-14H,4-5,10-12H2,1-3H3,(H,18,20)/t13-,14-/m1/s1. The van der Waals surface area contributed by atoms with E-state index in [1.54, 1.807) is 7.11 Å². The minimum absolute atomic E-state index is 0.0122. The molecule has 0 saturated carbocycles. The SMILES string of the molecule is COc1ccc(OC[C@@H](C)NC(=O)[C@@H]2CCCN(C)C2)cc1. The summed E-state index contributed by atoms with van der Waals surface area (Å²) in [6, 6.07) is 7.43. The molecule has 1 aliphatic heterocycles. The molecule has 0 bridgehead atoms. The van der Waals surface area contributed by atoms with Gasteiger partial charge in [0.2, 0.25) is 5.91 Å². The summed E-state index contributed by atoms with van der Waals surface area (Å²) < 4.78 is 10.8. The van der Waals surface area contributed by atoms with Crippen molar-refractivity contribution in [2.24, 2.45) is 5.92 Å². The number of piperidine rings is 1. The second-order valence-electron chi connectivity index (χ2n) is 6.00. The summed E-state index contributed by atoms with van der Waals surface area (Å²) in [6.07, 6.45) is 2.06. The first-order valence-electron chi connectivity index (χ1n) is 7.84. The second-order valence-corrected chi connectivity index (χ2v) is 6.00. The molecule has 5 heteroatoms. The maximum atomic E-state index is 12.2. The Hall–Kier alpha value is -1.75. The summed E-state index contributed by atoms with van der Waals surface area (Å²) in [5.41, 5.74) is 0. The number of likely N-dealkylation sites (tertiary alicyclic amines) is 1. The normalized spacial score (nSPS) is 20.2. The Bertz CT molecular complexity index is 475. The predicted octanol–water partition coefficient (Wildman–Crippen LogP) is 1.92. The number of hydrogen-bond donors (Lipinski definition) is 1. The van der Waals surface area contributed by atoms with Gasteiger partial charge in [-0.05, 0) is 57.6 Å². The quantitative estimate of drug-likeness (QED) is 0.872. The monoisotopic (exact) mass is 306 g/mol. The highest BCUT2D eigenvalue weighted by Crippen LogP contribution is 2.17. The fourth-order valence-corrected chi connectivity index (χ4v) is 2.68. The third kappa shape index (κ3) is 4.91. The van der Waals surface area contributed by atoms with E-state index in [2.05, 4.69) is 17.3 Å². The molecule has 0 unspecified atom stereocenters. The van der Waals surface area contributed by atoms with Gasteiger partial charge < -0.3 is 19.7 Å². The maximum absolute atomic E-state index is 12.2. The highest BCUT2D eigenvalue weighted by molar-refractivity contribution is 5.79. The van der Waals surface area contributed by atoms with Crippen LogP contribution in [0.4, 0.5) is 0 Å². The molecule has 22 heavy (non-hydrogen) atoms. The van der Waals surface area contributed by atoms with Crippen molar-refractivity contribution in [1.82, 2.24) is 10.2 Å². The van der Waals surface area contributed by atoms with Crippen molar-refractivity contribution in [1.29, 1.82) is 0 Å². The van der Waals surface area contributed by atoms with Crippen LogP contribution in [0.5, 0.6) is 11.5 Å². The van der Waals surface area contributed by atoms with E-state index in [0.717, 1.165) is 37.4 Å². The molecule has 1 saturated heterocycles. The van der Waals surface area contributed by atoms with E-state index >= 15 is 0 Å². The fourth-order valence-electron chi connectivity index (χ4n) is 2.68.